The molecule has 3 unspecified atom stereocenters. The highest BCUT2D eigenvalue weighted by molar-refractivity contribution is 7.41. The van der Waals surface area contributed by atoms with Gasteiger partial charge in [-0.05, 0) is 20.8 Å². The molecule has 0 aromatic heterocycles. The molecule has 0 aliphatic carbocycles. The highest BCUT2D eigenvalue weighted by Crippen LogP contribution is 2.44. The molecule has 0 fully saturated rings. The molecule has 0 radical (unpaired) electrons. The quantitative estimate of drug-likeness (QED) is 0.167. The van der Waals surface area contributed by atoms with E-state index in [9.17, 15) is 14.4 Å². The third kappa shape index (κ3) is 11.2. The molecule has 9 nitrogen and oxygen atoms in total. The van der Waals surface area contributed by atoms with Crippen LogP contribution in [0.3, 0.4) is 0 Å². The zero-order chi connectivity index (χ0) is 19.4. The molecule has 0 amide bonds. The third-order valence-corrected chi connectivity index (χ3v) is 3.46. The van der Waals surface area contributed by atoms with E-state index in [-0.39, 0.29) is 0 Å². The minimum absolute atomic E-state index is 0.722. The molecular formula is C15H21O9P. The van der Waals surface area contributed by atoms with Crippen LogP contribution in [0.25, 0.3) is 0 Å². The molecule has 0 bridgehead atoms. The van der Waals surface area contributed by atoms with E-state index in [1.54, 1.807) is 0 Å². The average molecular weight is 376 g/mol. The molecule has 0 saturated heterocycles. The topological polar surface area (TPSA) is 107 Å². The standard InChI is InChI=1S/C15H21O9P/c1-7-13(16)19-10(4)22-25(23-11(5)20-14(17)8-2)24-12(6)21-15(18)9-3/h7-12H,1-3H2,4-6H3. The Labute approximate surface area is 147 Å². The summed E-state index contributed by atoms with van der Waals surface area (Å²) < 4.78 is 30.4. The highest BCUT2D eigenvalue weighted by atomic mass is 31.2. The van der Waals surface area contributed by atoms with E-state index in [1.807, 2.05) is 0 Å². The Kier molecular flexibility index (Phi) is 11.3. The maximum absolute atomic E-state index is 11.2. The predicted molar refractivity (Wildman–Crippen MR) is 87.4 cm³/mol. The van der Waals surface area contributed by atoms with Crippen molar-refractivity contribution in [3.8, 4) is 0 Å². The van der Waals surface area contributed by atoms with Gasteiger partial charge in [0.05, 0.1) is 0 Å². The maximum Gasteiger partial charge on any atom is 0.342 e. The van der Waals surface area contributed by atoms with E-state index in [4.69, 9.17) is 27.8 Å². The lowest BCUT2D eigenvalue weighted by Gasteiger charge is -2.25. The summed E-state index contributed by atoms with van der Waals surface area (Å²) in [6.07, 6.45) is -0.351. The van der Waals surface area contributed by atoms with Crippen LogP contribution in [-0.2, 0) is 42.2 Å². The number of hydrogen-bond donors (Lipinski definition) is 0. The summed E-state index contributed by atoms with van der Waals surface area (Å²) in [5, 5.41) is 0. The summed E-state index contributed by atoms with van der Waals surface area (Å²) in [6, 6.07) is 0. The SMILES string of the molecule is C=CC(=O)OC(C)OP(OC(C)OC(=O)C=C)OC(C)OC(=O)C=C. The van der Waals surface area contributed by atoms with E-state index in [1.165, 1.54) is 20.8 Å². The molecule has 140 valence electrons. The van der Waals surface area contributed by atoms with Gasteiger partial charge in [0.1, 0.15) is 0 Å². The van der Waals surface area contributed by atoms with Gasteiger partial charge in [0.25, 0.3) is 0 Å². The first kappa shape index (κ1) is 22.9. The van der Waals surface area contributed by atoms with Crippen LogP contribution >= 0.6 is 8.60 Å². The monoisotopic (exact) mass is 376 g/mol. The molecule has 10 heteroatoms. The third-order valence-electron chi connectivity index (χ3n) is 2.05. The maximum atomic E-state index is 11.2. The Morgan fingerprint density at radius 3 is 1.12 bits per heavy atom. The Balaban J connectivity index is 4.83. The average Bonchev–Trinajstić information content (AvgIpc) is 2.53. The van der Waals surface area contributed by atoms with Crippen molar-refractivity contribution < 1.29 is 42.2 Å². The summed E-state index contributed by atoms with van der Waals surface area (Å²) >= 11 is 0. The molecule has 0 heterocycles. The summed E-state index contributed by atoms with van der Waals surface area (Å²) in [4.78, 5) is 33.5. The minimum Gasteiger partial charge on any atom is -0.432 e. The van der Waals surface area contributed by atoms with Crippen LogP contribution < -0.4 is 0 Å². The second-order valence-corrected chi connectivity index (χ2v) is 5.25. The first-order chi connectivity index (χ1) is 11.7. The Morgan fingerprint density at radius 2 is 0.920 bits per heavy atom. The van der Waals surface area contributed by atoms with Gasteiger partial charge < -0.3 is 14.2 Å². The zero-order valence-electron chi connectivity index (χ0n) is 14.2. The van der Waals surface area contributed by atoms with Crippen molar-refractivity contribution in [2.45, 2.75) is 39.6 Å². The Morgan fingerprint density at radius 1 is 0.680 bits per heavy atom. The molecule has 0 spiro atoms. The van der Waals surface area contributed by atoms with Gasteiger partial charge in [-0.2, -0.15) is 0 Å². The molecule has 0 aromatic rings. The van der Waals surface area contributed by atoms with E-state index in [0.29, 0.717) is 0 Å². The molecule has 0 aliphatic rings. The Bertz CT molecular complexity index is 434. The summed E-state index contributed by atoms with van der Waals surface area (Å²) in [5.41, 5.74) is 0. The fourth-order valence-corrected chi connectivity index (χ4v) is 2.14. The lowest BCUT2D eigenvalue weighted by molar-refractivity contribution is -0.168. The Hall–Kier alpha value is -2.06. The first-order valence-corrected chi connectivity index (χ1v) is 8.10. The van der Waals surface area contributed by atoms with Gasteiger partial charge in [-0.25, -0.2) is 14.4 Å². The van der Waals surface area contributed by atoms with Crippen molar-refractivity contribution >= 4 is 26.5 Å². The van der Waals surface area contributed by atoms with E-state index >= 15 is 0 Å². The fraction of sp³-hybridized carbons (Fsp3) is 0.400. The molecule has 0 saturated carbocycles. The van der Waals surface area contributed by atoms with Crippen LogP contribution in [0.15, 0.2) is 38.0 Å². The highest BCUT2D eigenvalue weighted by Gasteiger charge is 2.26. The van der Waals surface area contributed by atoms with Crippen molar-refractivity contribution in [2.75, 3.05) is 0 Å². The predicted octanol–water partition coefficient (Wildman–Crippen LogP) is 2.49. The van der Waals surface area contributed by atoms with Crippen molar-refractivity contribution in [3.05, 3.63) is 38.0 Å². The van der Waals surface area contributed by atoms with Gasteiger partial charge >= 0.3 is 26.5 Å². The lowest BCUT2D eigenvalue weighted by Crippen LogP contribution is -2.22. The second kappa shape index (κ2) is 12.3. The summed E-state index contributed by atoms with van der Waals surface area (Å²) in [5.74, 6) is -2.17. The van der Waals surface area contributed by atoms with Crippen molar-refractivity contribution in [1.29, 1.82) is 0 Å². The van der Waals surface area contributed by atoms with Crippen LogP contribution in [0, 0.1) is 0 Å². The lowest BCUT2D eigenvalue weighted by atomic mass is 10.6. The molecule has 0 N–H and O–H groups in total. The van der Waals surface area contributed by atoms with Gasteiger partial charge in [-0.15, -0.1) is 0 Å². The van der Waals surface area contributed by atoms with E-state index in [2.05, 4.69) is 19.7 Å². The van der Waals surface area contributed by atoms with Crippen LogP contribution in [0.1, 0.15) is 20.8 Å². The second-order valence-electron chi connectivity index (χ2n) is 4.17. The van der Waals surface area contributed by atoms with Crippen LogP contribution in [0.2, 0.25) is 0 Å². The smallest absolute Gasteiger partial charge is 0.342 e. The molecule has 25 heavy (non-hydrogen) atoms. The van der Waals surface area contributed by atoms with Crippen molar-refractivity contribution in [3.63, 3.8) is 0 Å². The van der Waals surface area contributed by atoms with E-state index < -0.39 is 45.4 Å². The van der Waals surface area contributed by atoms with Crippen LogP contribution in [0.5, 0.6) is 0 Å². The van der Waals surface area contributed by atoms with Crippen molar-refractivity contribution in [1.82, 2.24) is 0 Å². The summed E-state index contributed by atoms with van der Waals surface area (Å²) in [6.45, 7) is 14.0. The first-order valence-electron chi connectivity index (χ1n) is 7.01. The minimum atomic E-state index is -2.22. The number of hydrogen-bond acceptors (Lipinski definition) is 9. The van der Waals surface area contributed by atoms with Crippen LogP contribution in [-0.4, -0.2) is 36.8 Å². The van der Waals surface area contributed by atoms with Gasteiger partial charge in [-0.3, -0.25) is 13.6 Å². The van der Waals surface area contributed by atoms with Gasteiger partial charge in [0, 0.05) is 18.2 Å². The molecule has 0 rings (SSSR count). The molecule has 0 aromatic carbocycles. The zero-order valence-corrected chi connectivity index (χ0v) is 15.1. The number of carbonyl (C=O) groups excluding carboxylic acids is 3. The molecular weight excluding hydrogens is 355 g/mol. The van der Waals surface area contributed by atoms with E-state index in [0.717, 1.165) is 18.2 Å². The number of esters is 3. The number of carbonyl (C=O) groups is 3. The number of rotatable bonds is 12. The van der Waals surface area contributed by atoms with Crippen LogP contribution in [0.4, 0.5) is 0 Å². The van der Waals surface area contributed by atoms with Crippen molar-refractivity contribution in [2.24, 2.45) is 0 Å². The normalized spacial score (nSPS) is 15.0. The number of ether oxygens (including phenoxy) is 3. The van der Waals surface area contributed by atoms with Gasteiger partial charge in [-0.1, -0.05) is 19.7 Å². The molecule has 3 atom stereocenters. The molecule has 0 aliphatic heterocycles. The van der Waals surface area contributed by atoms with Gasteiger partial charge in [0.2, 0.25) is 18.9 Å². The van der Waals surface area contributed by atoms with Gasteiger partial charge in [0.15, 0.2) is 0 Å². The summed E-state index contributed by atoms with van der Waals surface area (Å²) in [7, 11) is -2.22. The largest absolute Gasteiger partial charge is 0.432 e. The fourth-order valence-electron chi connectivity index (χ4n) is 1.14.